The van der Waals surface area contributed by atoms with E-state index in [2.05, 4.69) is 10.6 Å². The monoisotopic (exact) mass is 593 g/mol. The number of benzene rings is 2. The Morgan fingerprint density at radius 3 is 2.19 bits per heavy atom. The second kappa shape index (κ2) is 14.3. The third-order valence-electron chi connectivity index (χ3n) is 8.31. The molecular weight excluding hydrogens is 542 g/mol. The van der Waals surface area contributed by atoms with Crippen molar-refractivity contribution in [2.75, 3.05) is 0 Å². The summed E-state index contributed by atoms with van der Waals surface area (Å²) in [6, 6.07) is 10.6. The fourth-order valence-electron chi connectivity index (χ4n) is 5.61. The van der Waals surface area contributed by atoms with Crippen molar-refractivity contribution in [1.82, 2.24) is 15.5 Å². The molecule has 1 fully saturated rings. The van der Waals surface area contributed by atoms with Crippen LogP contribution in [0.1, 0.15) is 108 Å². The fraction of sp³-hybridized carbons (Fsp3) is 0.571. The van der Waals surface area contributed by atoms with Crippen LogP contribution in [0, 0.1) is 13.8 Å². The molecule has 43 heavy (non-hydrogen) atoms. The van der Waals surface area contributed by atoms with Gasteiger partial charge in [0.15, 0.2) is 0 Å². The number of hydrogen-bond acceptors (Lipinski definition) is 5. The van der Waals surface area contributed by atoms with Gasteiger partial charge in [-0.3, -0.25) is 9.59 Å². The third-order valence-corrected chi connectivity index (χ3v) is 8.31. The summed E-state index contributed by atoms with van der Waals surface area (Å²) in [5.41, 5.74) is 1.91. The highest BCUT2D eigenvalue weighted by Crippen LogP contribution is 2.35. The first-order valence-corrected chi connectivity index (χ1v) is 15.6. The van der Waals surface area contributed by atoms with E-state index < -0.39 is 29.3 Å². The number of nitrogens with one attached hydrogen (secondary N) is 2. The summed E-state index contributed by atoms with van der Waals surface area (Å²) in [6.45, 7) is 15.2. The smallest absolute Gasteiger partial charge is 0.408 e. The van der Waals surface area contributed by atoms with Crippen LogP contribution in [0.5, 0.6) is 5.75 Å². The molecule has 0 radical (unpaired) electrons. The summed E-state index contributed by atoms with van der Waals surface area (Å²) in [5, 5.41) is 15.9. The first kappa shape index (κ1) is 33.9. The Morgan fingerprint density at radius 1 is 0.977 bits per heavy atom. The molecule has 2 aromatic carbocycles. The number of aryl methyl sites for hydroxylation is 2. The largest absolute Gasteiger partial charge is 0.508 e. The molecule has 3 N–H and O–H groups in total. The number of phenolic OH excluding ortho intramolecular Hbond substituents is 1. The van der Waals surface area contributed by atoms with Gasteiger partial charge >= 0.3 is 6.09 Å². The highest BCUT2D eigenvalue weighted by molar-refractivity contribution is 5.93. The molecule has 0 bridgehead atoms. The Balaban J connectivity index is 2.13. The molecule has 0 aliphatic heterocycles. The lowest BCUT2D eigenvalue weighted by Crippen LogP contribution is -2.60. The Kier molecular flexibility index (Phi) is 11.3. The molecule has 3 amide bonds. The van der Waals surface area contributed by atoms with Crippen LogP contribution in [-0.2, 0) is 20.7 Å². The molecule has 1 aliphatic rings. The zero-order valence-electron chi connectivity index (χ0n) is 27.3. The third kappa shape index (κ3) is 9.47. The minimum Gasteiger partial charge on any atom is -0.508 e. The molecule has 0 aromatic heterocycles. The zero-order chi connectivity index (χ0) is 31.9. The van der Waals surface area contributed by atoms with Crippen LogP contribution in [0.15, 0.2) is 42.5 Å². The van der Waals surface area contributed by atoms with Crippen LogP contribution in [-0.4, -0.2) is 51.1 Å². The van der Waals surface area contributed by atoms with Crippen molar-refractivity contribution in [2.45, 2.75) is 130 Å². The van der Waals surface area contributed by atoms with Gasteiger partial charge in [0.05, 0.1) is 0 Å². The van der Waals surface area contributed by atoms with Crippen LogP contribution in [0.2, 0.25) is 0 Å². The summed E-state index contributed by atoms with van der Waals surface area (Å²) in [7, 11) is 0. The van der Waals surface area contributed by atoms with Gasteiger partial charge in [-0.25, -0.2) is 4.79 Å². The van der Waals surface area contributed by atoms with Gasteiger partial charge in [-0.15, -0.1) is 0 Å². The molecule has 0 spiro atoms. The molecular formula is C35H51N3O5. The molecule has 3 rings (SSSR count). The lowest BCUT2D eigenvalue weighted by atomic mass is 9.88. The van der Waals surface area contributed by atoms with Gasteiger partial charge in [0.2, 0.25) is 11.8 Å². The van der Waals surface area contributed by atoms with Gasteiger partial charge < -0.3 is 25.4 Å². The van der Waals surface area contributed by atoms with Crippen LogP contribution < -0.4 is 10.6 Å². The van der Waals surface area contributed by atoms with Crippen molar-refractivity contribution in [3.63, 3.8) is 0 Å². The highest BCUT2D eigenvalue weighted by Gasteiger charge is 2.44. The first-order valence-electron chi connectivity index (χ1n) is 15.6. The number of aromatic hydroxyl groups is 1. The molecule has 2 aromatic rings. The average Bonchev–Trinajstić information content (AvgIpc) is 2.93. The average molecular weight is 594 g/mol. The number of amides is 3. The molecule has 236 valence electrons. The molecule has 1 saturated carbocycles. The van der Waals surface area contributed by atoms with Gasteiger partial charge in [-0.1, -0.05) is 62.1 Å². The topological polar surface area (TPSA) is 108 Å². The summed E-state index contributed by atoms with van der Waals surface area (Å²) < 4.78 is 5.55. The van der Waals surface area contributed by atoms with Gasteiger partial charge in [0, 0.05) is 18.0 Å². The number of hydrogen-bond donors (Lipinski definition) is 3. The van der Waals surface area contributed by atoms with Crippen molar-refractivity contribution in [1.29, 1.82) is 0 Å². The predicted octanol–water partition coefficient (Wildman–Crippen LogP) is 6.65. The maximum atomic E-state index is 14.9. The molecule has 8 nitrogen and oxygen atoms in total. The van der Waals surface area contributed by atoms with Crippen LogP contribution in [0.4, 0.5) is 4.79 Å². The Morgan fingerprint density at radius 2 is 1.60 bits per heavy atom. The number of carbonyl (C=O) groups excluding carboxylic acids is 3. The SMILES string of the molecule is CCC(C)(C)N(C(=O)C(Cc1ccc(O)cc1)NC(=O)OC(C)(C)C)C(C(=O)NC1CCCCC1)c1cc(C)ccc1C. The molecule has 8 heteroatoms. The van der Waals surface area contributed by atoms with Crippen molar-refractivity contribution in [3.8, 4) is 5.75 Å². The van der Waals surface area contributed by atoms with Gasteiger partial charge in [0.25, 0.3) is 0 Å². The number of rotatable bonds is 10. The molecule has 0 saturated heterocycles. The van der Waals surface area contributed by atoms with Gasteiger partial charge in [0.1, 0.15) is 23.4 Å². The molecule has 2 unspecified atom stereocenters. The highest BCUT2D eigenvalue weighted by atomic mass is 16.6. The van der Waals surface area contributed by atoms with Gasteiger partial charge in [-0.05, 0) is 96.6 Å². The second-order valence-electron chi connectivity index (χ2n) is 13.5. The Bertz CT molecular complexity index is 1260. The van der Waals surface area contributed by atoms with Crippen molar-refractivity contribution in [2.24, 2.45) is 0 Å². The minimum absolute atomic E-state index is 0.0586. The second-order valence-corrected chi connectivity index (χ2v) is 13.5. The van der Waals surface area contributed by atoms with Crippen molar-refractivity contribution in [3.05, 3.63) is 64.7 Å². The molecule has 2 atom stereocenters. The van der Waals surface area contributed by atoms with Crippen LogP contribution in [0.25, 0.3) is 0 Å². The summed E-state index contributed by atoms with van der Waals surface area (Å²) >= 11 is 0. The maximum absolute atomic E-state index is 14.9. The zero-order valence-corrected chi connectivity index (χ0v) is 27.3. The summed E-state index contributed by atoms with van der Waals surface area (Å²) in [5.74, 6) is -0.485. The standard InChI is InChI=1S/C35H51N3O5/c1-9-35(7,8)38(30(28-21-23(2)15-16-24(28)3)31(40)36-26-13-11-10-12-14-26)32(41)29(37-33(42)43-34(4,5)6)22-25-17-19-27(39)20-18-25/h15-21,26,29-30,39H,9-14,22H2,1-8H3,(H,36,40)(H,37,42). The van der Waals surface area contributed by atoms with Crippen molar-refractivity contribution >= 4 is 17.9 Å². The van der Waals surface area contributed by atoms with E-state index in [-0.39, 0.29) is 30.0 Å². The minimum atomic E-state index is -1.03. The predicted molar refractivity (Wildman–Crippen MR) is 170 cm³/mol. The lowest BCUT2D eigenvalue weighted by Gasteiger charge is -2.45. The van der Waals surface area contributed by atoms with E-state index in [4.69, 9.17) is 4.74 Å². The number of phenols is 1. The Hall–Kier alpha value is -3.55. The molecule has 1 aliphatic carbocycles. The summed E-state index contributed by atoms with van der Waals surface area (Å²) in [6.07, 6.45) is 5.14. The van der Waals surface area contributed by atoms with E-state index in [0.29, 0.717) is 6.42 Å². The van der Waals surface area contributed by atoms with E-state index in [1.807, 2.05) is 52.8 Å². The normalized spacial score (nSPS) is 15.7. The molecule has 0 heterocycles. The number of carbonyl (C=O) groups is 3. The quantitative estimate of drug-likeness (QED) is 0.286. The number of alkyl carbamates (subject to hydrolysis) is 1. The Labute approximate surface area is 257 Å². The maximum Gasteiger partial charge on any atom is 0.408 e. The lowest BCUT2D eigenvalue weighted by molar-refractivity contribution is -0.149. The van der Waals surface area contributed by atoms with Gasteiger partial charge in [-0.2, -0.15) is 0 Å². The van der Waals surface area contributed by atoms with E-state index >= 15 is 0 Å². The van der Waals surface area contributed by atoms with E-state index in [1.165, 1.54) is 0 Å². The van der Waals surface area contributed by atoms with E-state index in [1.54, 1.807) is 49.9 Å². The van der Waals surface area contributed by atoms with Crippen LogP contribution in [0.3, 0.4) is 0 Å². The van der Waals surface area contributed by atoms with E-state index in [9.17, 15) is 19.5 Å². The van der Waals surface area contributed by atoms with E-state index in [0.717, 1.165) is 54.4 Å². The first-order chi connectivity index (χ1) is 20.1. The van der Waals surface area contributed by atoms with Crippen LogP contribution >= 0.6 is 0 Å². The number of nitrogens with zero attached hydrogens (tertiary/aromatic N) is 1. The number of ether oxygens (including phenoxy) is 1. The fourth-order valence-corrected chi connectivity index (χ4v) is 5.61. The van der Waals surface area contributed by atoms with Crippen molar-refractivity contribution < 1.29 is 24.2 Å². The summed E-state index contributed by atoms with van der Waals surface area (Å²) in [4.78, 5) is 44.0.